The zero-order valence-electron chi connectivity index (χ0n) is 24.2. The van der Waals surface area contributed by atoms with Gasteiger partial charge in [0.05, 0.1) is 12.7 Å². The van der Waals surface area contributed by atoms with E-state index in [0.717, 1.165) is 36.0 Å². The first-order chi connectivity index (χ1) is 20.1. The summed E-state index contributed by atoms with van der Waals surface area (Å²) in [6.07, 6.45) is 4.64. The molecular formula is C34H34Cl2N2O3S. The highest BCUT2D eigenvalue weighted by Crippen LogP contribution is 2.45. The standard InChI is InChI=1S/C34H34Cl2N2O3S/c1-34(2,3)23-8-15-27-30(18-23)42-33(31(27)32(39)38-26-13-11-25(36)12-14-26)37-19-22-7-16-28(29(17-22)40-4)41-20-21-5-9-24(35)10-6-21/h5-7,9-14,16-17,19,23H,8,15,18,20H2,1-4H3,(H,38,39)/t23-/m0/s1. The first-order valence-corrected chi connectivity index (χ1v) is 15.5. The van der Waals surface area contributed by atoms with Crippen molar-refractivity contribution in [3.63, 3.8) is 0 Å². The van der Waals surface area contributed by atoms with Crippen LogP contribution in [0.15, 0.2) is 71.7 Å². The molecule has 1 atom stereocenters. The normalized spacial score (nSPS) is 15.0. The summed E-state index contributed by atoms with van der Waals surface area (Å²) >= 11 is 13.7. The van der Waals surface area contributed by atoms with Crippen LogP contribution in [0.3, 0.4) is 0 Å². The number of methoxy groups -OCH3 is 1. The Morgan fingerprint density at radius 1 is 1.02 bits per heavy atom. The van der Waals surface area contributed by atoms with Crippen molar-refractivity contribution in [3.8, 4) is 11.5 Å². The zero-order valence-corrected chi connectivity index (χ0v) is 26.5. The fourth-order valence-corrected chi connectivity index (χ4v) is 6.64. The lowest BCUT2D eigenvalue weighted by atomic mass is 9.72. The molecule has 0 bridgehead atoms. The van der Waals surface area contributed by atoms with Crippen LogP contribution < -0.4 is 14.8 Å². The number of benzene rings is 3. The number of carbonyl (C=O) groups excluding carboxylic acids is 1. The Morgan fingerprint density at radius 2 is 1.71 bits per heavy atom. The first-order valence-electron chi connectivity index (χ1n) is 13.9. The molecule has 0 radical (unpaired) electrons. The summed E-state index contributed by atoms with van der Waals surface area (Å²) in [5, 5.41) is 5.07. The molecule has 0 spiro atoms. The molecule has 218 valence electrons. The zero-order chi connectivity index (χ0) is 29.9. The average molecular weight is 622 g/mol. The lowest BCUT2D eigenvalue weighted by Crippen LogP contribution is -2.27. The smallest absolute Gasteiger partial charge is 0.259 e. The Bertz CT molecular complexity index is 1590. The van der Waals surface area contributed by atoms with E-state index in [0.29, 0.717) is 50.3 Å². The molecule has 1 N–H and O–H groups in total. The van der Waals surface area contributed by atoms with Crippen molar-refractivity contribution >= 4 is 57.3 Å². The molecular weight excluding hydrogens is 587 g/mol. The molecule has 5 rings (SSSR count). The number of hydrogen-bond donors (Lipinski definition) is 1. The number of carbonyl (C=O) groups is 1. The predicted molar refractivity (Wildman–Crippen MR) is 175 cm³/mol. The minimum atomic E-state index is -0.153. The lowest BCUT2D eigenvalue weighted by molar-refractivity contribution is 0.102. The molecule has 1 aliphatic carbocycles. The van der Waals surface area contributed by atoms with Crippen molar-refractivity contribution in [2.24, 2.45) is 16.3 Å². The van der Waals surface area contributed by atoms with Crippen molar-refractivity contribution in [2.75, 3.05) is 12.4 Å². The predicted octanol–water partition coefficient (Wildman–Crippen LogP) is 9.80. The molecule has 1 heterocycles. The molecule has 1 amide bonds. The third-order valence-corrected chi connectivity index (χ3v) is 9.29. The van der Waals surface area contributed by atoms with Gasteiger partial charge in [0.15, 0.2) is 11.5 Å². The SMILES string of the molecule is COc1cc(C=Nc2sc3c(c2C(=O)Nc2ccc(Cl)cc2)CC[C@H](C(C)(C)C)C3)ccc1OCc1ccc(Cl)cc1. The second-order valence-electron chi connectivity index (χ2n) is 11.5. The van der Waals surface area contributed by atoms with Gasteiger partial charge in [-0.1, -0.05) is 56.1 Å². The Balaban J connectivity index is 1.41. The van der Waals surface area contributed by atoms with Crippen LogP contribution in [0.25, 0.3) is 0 Å². The highest BCUT2D eigenvalue weighted by atomic mass is 35.5. The number of nitrogens with one attached hydrogen (secondary N) is 1. The average Bonchev–Trinajstić information content (AvgIpc) is 3.34. The topological polar surface area (TPSA) is 59.9 Å². The molecule has 0 saturated heterocycles. The molecule has 1 aliphatic rings. The van der Waals surface area contributed by atoms with Crippen LogP contribution in [0.5, 0.6) is 11.5 Å². The van der Waals surface area contributed by atoms with Gasteiger partial charge in [-0.25, -0.2) is 4.99 Å². The highest BCUT2D eigenvalue weighted by molar-refractivity contribution is 7.16. The van der Waals surface area contributed by atoms with Gasteiger partial charge in [0.25, 0.3) is 5.91 Å². The number of amides is 1. The van der Waals surface area contributed by atoms with Gasteiger partial charge in [-0.3, -0.25) is 4.79 Å². The van der Waals surface area contributed by atoms with E-state index in [1.165, 1.54) is 4.88 Å². The summed E-state index contributed by atoms with van der Waals surface area (Å²) in [5.74, 6) is 1.64. The van der Waals surface area contributed by atoms with Crippen LogP contribution >= 0.6 is 34.5 Å². The van der Waals surface area contributed by atoms with E-state index in [1.54, 1.807) is 48.9 Å². The van der Waals surface area contributed by atoms with Gasteiger partial charge in [-0.15, -0.1) is 11.3 Å². The minimum Gasteiger partial charge on any atom is -0.493 e. The quantitative estimate of drug-likeness (QED) is 0.199. The summed E-state index contributed by atoms with van der Waals surface area (Å²) in [4.78, 5) is 19.7. The first kappa shape index (κ1) is 30.1. The van der Waals surface area contributed by atoms with E-state index in [-0.39, 0.29) is 11.3 Å². The maximum atomic E-state index is 13.6. The van der Waals surface area contributed by atoms with Gasteiger partial charge < -0.3 is 14.8 Å². The van der Waals surface area contributed by atoms with Gasteiger partial charge in [-0.2, -0.15) is 0 Å². The summed E-state index contributed by atoms with van der Waals surface area (Å²) in [7, 11) is 1.61. The molecule has 3 aromatic carbocycles. The van der Waals surface area contributed by atoms with Crippen LogP contribution in [0.2, 0.25) is 10.0 Å². The molecule has 0 fully saturated rings. The Hall–Kier alpha value is -3.32. The van der Waals surface area contributed by atoms with Gasteiger partial charge in [0.2, 0.25) is 0 Å². The molecule has 1 aromatic heterocycles. The van der Waals surface area contributed by atoms with Crippen molar-refractivity contribution in [1.82, 2.24) is 0 Å². The number of thiophene rings is 1. The van der Waals surface area contributed by atoms with Crippen LogP contribution in [-0.4, -0.2) is 19.2 Å². The van der Waals surface area contributed by atoms with Gasteiger partial charge >= 0.3 is 0 Å². The van der Waals surface area contributed by atoms with E-state index in [2.05, 4.69) is 26.1 Å². The number of nitrogens with zero attached hydrogens (tertiary/aromatic N) is 1. The van der Waals surface area contributed by atoms with Gasteiger partial charge in [0, 0.05) is 26.8 Å². The van der Waals surface area contributed by atoms with Crippen LogP contribution in [0.4, 0.5) is 10.7 Å². The van der Waals surface area contributed by atoms with E-state index in [1.807, 2.05) is 42.5 Å². The fourth-order valence-electron chi connectivity index (χ4n) is 5.12. The second-order valence-corrected chi connectivity index (χ2v) is 13.5. The maximum Gasteiger partial charge on any atom is 0.259 e. The second kappa shape index (κ2) is 12.9. The van der Waals surface area contributed by atoms with Crippen LogP contribution in [0, 0.1) is 11.3 Å². The Labute approximate surface area is 261 Å². The van der Waals surface area contributed by atoms with Crippen molar-refractivity contribution < 1.29 is 14.3 Å². The van der Waals surface area contributed by atoms with Gasteiger partial charge in [-0.05, 0) is 102 Å². The number of aliphatic imine (C=N–C) groups is 1. The minimum absolute atomic E-state index is 0.153. The largest absolute Gasteiger partial charge is 0.493 e. The summed E-state index contributed by atoms with van der Waals surface area (Å²) in [6, 6.07) is 20.4. The third-order valence-electron chi connectivity index (χ3n) is 7.63. The number of hydrogen-bond acceptors (Lipinski definition) is 5. The van der Waals surface area contributed by atoms with E-state index >= 15 is 0 Å². The Kier molecular flexibility index (Phi) is 9.26. The number of ether oxygens (including phenoxy) is 2. The number of fused-ring (bicyclic) bond motifs is 1. The molecule has 42 heavy (non-hydrogen) atoms. The Morgan fingerprint density at radius 3 is 2.38 bits per heavy atom. The number of halogens is 2. The molecule has 0 saturated carbocycles. The molecule has 0 unspecified atom stereocenters. The van der Waals surface area contributed by atoms with E-state index in [4.69, 9.17) is 37.7 Å². The maximum absolute atomic E-state index is 13.6. The number of rotatable bonds is 8. The summed E-state index contributed by atoms with van der Waals surface area (Å²) < 4.78 is 11.6. The molecule has 5 nitrogen and oxygen atoms in total. The summed E-state index contributed by atoms with van der Waals surface area (Å²) in [6.45, 7) is 7.27. The molecule has 8 heteroatoms. The van der Waals surface area contributed by atoms with Crippen molar-refractivity contribution in [2.45, 2.75) is 46.6 Å². The highest BCUT2D eigenvalue weighted by Gasteiger charge is 2.33. The molecule has 0 aliphatic heterocycles. The van der Waals surface area contributed by atoms with Crippen molar-refractivity contribution in [3.05, 3.63) is 104 Å². The van der Waals surface area contributed by atoms with E-state index in [9.17, 15) is 4.79 Å². The fraction of sp³-hybridized carbons (Fsp3) is 0.294. The monoisotopic (exact) mass is 620 g/mol. The van der Waals surface area contributed by atoms with Crippen LogP contribution in [-0.2, 0) is 19.4 Å². The summed E-state index contributed by atoms with van der Waals surface area (Å²) in [5.41, 5.74) is 4.51. The molecule has 4 aromatic rings. The number of anilines is 1. The third kappa shape index (κ3) is 7.17. The van der Waals surface area contributed by atoms with Crippen LogP contribution in [0.1, 0.15) is 59.1 Å². The van der Waals surface area contributed by atoms with Gasteiger partial charge in [0.1, 0.15) is 11.6 Å². The van der Waals surface area contributed by atoms with E-state index < -0.39 is 0 Å². The lowest BCUT2D eigenvalue weighted by Gasteiger charge is -2.33. The van der Waals surface area contributed by atoms with Crippen molar-refractivity contribution in [1.29, 1.82) is 0 Å².